The molecule has 0 saturated carbocycles. The van der Waals surface area contributed by atoms with Gasteiger partial charge in [0.15, 0.2) is 5.17 Å². The third kappa shape index (κ3) is 6.78. The minimum Gasteiger partial charge on any atom is -0.488 e. The molecular weight excluding hydrogens is 642 g/mol. The smallest absolute Gasteiger partial charge is 0.335 e. The highest BCUT2D eigenvalue weighted by Crippen LogP contribution is 2.36. The Morgan fingerprint density at radius 1 is 0.975 bits per heavy atom. The number of amides is 1. The third-order valence-electron chi connectivity index (χ3n) is 5.95. The number of carboxylic acids is 1. The highest BCUT2D eigenvalue weighted by Gasteiger charge is 2.33. The van der Waals surface area contributed by atoms with Gasteiger partial charge in [0.1, 0.15) is 18.2 Å². The van der Waals surface area contributed by atoms with Crippen LogP contribution >= 0.6 is 34.4 Å². The number of amidine groups is 1. The normalized spacial score (nSPS) is 15.2. The summed E-state index contributed by atoms with van der Waals surface area (Å²) in [6, 6.07) is 27.7. The number of nitrogens with zero attached hydrogens (tertiary/aromatic N) is 2. The Balaban J connectivity index is 1.38. The van der Waals surface area contributed by atoms with Crippen molar-refractivity contribution in [1.29, 1.82) is 0 Å². The van der Waals surface area contributed by atoms with Crippen LogP contribution < -0.4 is 4.74 Å². The number of thioether (sulfide) groups is 1. The molecule has 0 bridgehead atoms. The van der Waals surface area contributed by atoms with E-state index in [9.17, 15) is 19.1 Å². The number of aliphatic imine (C=N–C) groups is 1. The zero-order chi connectivity index (χ0) is 28.1. The van der Waals surface area contributed by atoms with E-state index in [4.69, 9.17) is 9.73 Å². The molecular formula is C31H22FIN2O4S. The zero-order valence-corrected chi connectivity index (χ0v) is 23.9. The Labute approximate surface area is 248 Å². The van der Waals surface area contributed by atoms with E-state index in [1.807, 2.05) is 54.6 Å². The van der Waals surface area contributed by atoms with E-state index in [1.54, 1.807) is 29.2 Å². The van der Waals surface area contributed by atoms with E-state index >= 15 is 0 Å². The van der Waals surface area contributed by atoms with Crippen molar-refractivity contribution in [2.75, 3.05) is 0 Å². The molecule has 1 N–H and O–H groups in total. The predicted octanol–water partition coefficient (Wildman–Crippen LogP) is 7.51. The maximum atomic E-state index is 13.5. The van der Waals surface area contributed by atoms with Crippen molar-refractivity contribution in [3.8, 4) is 5.75 Å². The first kappa shape index (κ1) is 27.6. The van der Waals surface area contributed by atoms with Crippen LogP contribution in [-0.2, 0) is 17.9 Å². The summed E-state index contributed by atoms with van der Waals surface area (Å²) in [7, 11) is 0. The molecule has 5 rings (SSSR count). The standard InChI is InChI=1S/C31H22FIN2O4S/c32-24-6-4-5-22(15-24)19-39-27-14-11-21(16-26(27)33)17-28-29(36)35(18-20-9-12-23(13-10-20)30(37)38)31(40-28)34-25-7-2-1-3-8-25/h1-17H,18-19H2,(H,37,38)/b28-17-,34-31?. The van der Waals surface area contributed by atoms with Crippen LogP contribution in [0.3, 0.4) is 0 Å². The van der Waals surface area contributed by atoms with E-state index in [2.05, 4.69) is 22.6 Å². The van der Waals surface area contributed by atoms with Gasteiger partial charge >= 0.3 is 5.97 Å². The number of benzene rings is 4. The molecule has 6 nitrogen and oxygen atoms in total. The van der Waals surface area contributed by atoms with E-state index < -0.39 is 5.97 Å². The number of carbonyl (C=O) groups is 2. The van der Waals surface area contributed by atoms with Gasteiger partial charge in [-0.05, 0) is 106 Å². The molecule has 1 aliphatic rings. The molecule has 4 aromatic rings. The van der Waals surface area contributed by atoms with Crippen molar-refractivity contribution < 1.29 is 23.8 Å². The first-order valence-corrected chi connectivity index (χ1v) is 14.1. The topological polar surface area (TPSA) is 79.2 Å². The van der Waals surface area contributed by atoms with Crippen LogP contribution in [0.15, 0.2) is 107 Å². The fourth-order valence-electron chi connectivity index (χ4n) is 3.94. The average molecular weight is 664 g/mol. The summed E-state index contributed by atoms with van der Waals surface area (Å²) in [5, 5.41) is 9.73. The third-order valence-corrected chi connectivity index (χ3v) is 7.80. The van der Waals surface area contributed by atoms with E-state index in [-0.39, 0.29) is 30.4 Å². The van der Waals surface area contributed by atoms with Gasteiger partial charge in [0.25, 0.3) is 5.91 Å². The lowest BCUT2D eigenvalue weighted by Gasteiger charge is -2.16. The van der Waals surface area contributed by atoms with Gasteiger partial charge in [0, 0.05) is 0 Å². The highest BCUT2D eigenvalue weighted by atomic mass is 127. The number of hydrogen-bond donors (Lipinski definition) is 1. The Morgan fingerprint density at radius 3 is 2.45 bits per heavy atom. The number of ether oxygens (including phenoxy) is 1. The number of para-hydroxylation sites is 1. The van der Waals surface area contributed by atoms with Gasteiger partial charge in [-0.3, -0.25) is 9.69 Å². The molecule has 1 aliphatic heterocycles. The van der Waals surface area contributed by atoms with Crippen molar-refractivity contribution in [2.45, 2.75) is 13.2 Å². The maximum Gasteiger partial charge on any atom is 0.335 e. The molecule has 1 heterocycles. The molecule has 0 aromatic heterocycles. The predicted molar refractivity (Wildman–Crippen MR) is 163 cm³/mol. The molecule has 0 unspecified atom stereocenters. The number of aromatic carboxylic acids is 1. The second-order valence-electron chi connectivity index (χ2n) is 8.84. The first-order valence-electron chi connectivity index (χ1n) is 12.2. The molecule has 0 aliphatic carbocycles. The van der Waals surface area contributed by atoms with Crippen LogP contribution in [0.5, 0.6) is 5.75 Å². The summed E-state index contributed by atoms with van der Waals surface area (Å²) in [4.78, 5) is 31.6. The number of rotatable bonds is 8. The summed E-state index contributed by atoms with van der Waals surface area (Å²) < 4.78 is 20.2. The van der Waals surface area contributed by atoms with Crippen molar-refractivity contribution in [2.24, 2.45) is 4.99 Å². The van der Waals surface area contributed by atoms with Crippen molar-refractivity contribution >= 4 is 63.2 Å². The minimum atomic E-state index is -1.00. The van der Waals surface area contributed by atoms with Crippen LogP contribution in [0.2, 0.25) is 0 Å². The molecule has 40 heavy (non-hydrogen) atoms. The second kappa shape index (κ2) is 12.5. The van der Waals surface area contributed by atoms with Crippen LogP contribution in [0, 0.1) is 9.39 Å². The fraction of sp³-hybridized carbons (Fsp3) is 0.0645. The largest absolute Gasteiger partial charge is 0.488 e. The van der Waals surface area contributed by atoms with Gasteiger partial charge in [-0.15, -0.1) is 0 Å². The molecule has 200 valence electrons. The van der Waals surface area contributed by atoms with Gasteiger partial charge < -0.3 is 9.84 Å². The molecule has 9 heteroatoms. The quantitative estimate of drug-likeness (QED) is 0.156. The number of carboxylic acid groups (broad SMARTS) is 1. The lowest BCUT2D eigenvalue weighted by Crippen LogP contribution is -2.28. The Morgan fingerprint density at radius 2 is 1.75 bits per heavy atom. The summed E-state index contributed by atoms with van der Waals surface area (Å²) in [5.74, 6) is -0.840. The van der Waals surface area contributed by atoms with Crippen LogP contribution in [0.4, 0.5) is 10.1 Å². The van der Waals surface area contributed by atoms with Crippen molar-refractivity contribution in [3.63, 3.8) is 0 Å². The number of halogens is 2. The maximum absolute atomic E-state index is 13.5. The molecule has 0 atom stereocenters. The lowest BCUT2D eigenvalue weighted by atomic mass is 10.1. The van der Waals surface area contributed by atoms with E-state index in [0.29, 0.717) is 15.8 Å². The van der Waals surface area contributed by atoms with Gasteiger partial charge in [-0.25, -0.2) is 14.2 Å². The number of hydrogen-bond acceptors (Lipinski definition) is 5. The van der Waals surface area contributed by atoms with Gasteiger partial charge in [-0.1, -0.05) is 48.5 Å². The number of carbonyl (C=O) groups excluding carboxylic acids is 1. The zero-order valence-electron chi connectivity index (χ0n) is 21.0. The van der Waals surface area contributed by atoms with Crippen LogP contribution in [-0.4, -0.2) is 27.1 Å². The monoisotopic (exact) mass is 664 g/mol. The molecule has 0 spiro atoms. The average Bonchev–Trinajstić information content (AvgIpc) is 3.22. The molecule has 0 radical (unpaired) electrons. The lowest BCUT2D eigenvalue weighted by molar-refractivity contribution is -0.122. The van der Waals surface area contributed by atoms with Gasteiger partial charge in [0.2, 0.25) is 0 Å². The molecule has 1 saturated heterocycles. The minimum absolute atomic E-state index is 0.183. The highest BCUT2D eigenvalue weighted by molar-refractivity contribution is 14.1. The first-order chi connectivity index (χ1) is 19.4. The van der Waals surface area contributed by atoms with Gasteiger partial charge in [-0.2, -0.15) is 0 Å². The second-order valence-corrected chi connectivity index (χ2v) is 11.0. The van der Waals surface area contributed by atoms with Crippen LogP contribution in [0.1, 0.15) is 27.0 Å². The fourth-order valence-corrected chi connectivity index (χ4v) is 5.64. The summed E-state index contributed by atoms with van der Waals surface area (Å²) in [6.07, 6.45) is 1.82. The Hall–Kier alpha value is -3.96. The van der Waals surface area contributed by atoms with E-state index in [1.165, 1.54) is 36.0 Å². The molecule has 1 fully saturated rings. The summed E-state index contributed by atoms with van der Waals surface area (Å²) >= 11 is 3.46. The van der Waals surface area contributed by atoms with Crippen molar-refractivity contribution in [1.82, 2.24) is 4.90 Å². The summed E-state index contributed by atoms with van der Waals surface area (Å²) in [5.41, 5.74) is 3.25. The summed E-state index contributed by atoms with van der Waals surface area (Å²) in [6.45, 7) is 0.489. The van der Waals surface area contributed by atoms with Gasteiger partial charge in [0.05, 0.1) is 26.3 Å². The van der Waals surface area contributed by atoms with Crippen molar-refractivity contribution in [3.05, 3.63) is 134 Å². The molecule has 1 amide bonds. The van der Waals surface area contributed by atoms with E-state index in [0.717, 1.165) is 25.9 Å². The molecule has 4 aromatic carbocycles. The Kier molecular flexibility index (Phi) is 8.61. The van der Waals surface area contributed by atoms with Crippen LogP contribution in [0.25, 0.3) is 6.08 Å². The Bertz CT molecular complexity index is 1620. The SMILES string of the molecule is O=C(O)c1ccc(CN2C(=O)/C(=C/c3ccc(OCc4cccc(F)c4)c(I)c3)SC2=Nc2ccccc2)cc1.